The molecule has 0 aromatic heterocycles. The molecule has 3 aromatic carbocycles. The third-order valence-electron chi connectivity index (χ3n) is 4.11. The van der Waals surface area contributed by atoms with E-state index in [1.54, 1.807) is 48.5 Å². The number of nitrogens with two attached hydrogens (primary N) is 1. The number of hydrogen-bond donors (Lipinski definition) is 3. The van der Waals surface area contributed by atoms with Crippen molar-refractivity contribution in [3.8, 4) is 0 Å². The Morgan fingerprint density at radius 2 is 1.63 bits per heavy atom. The van der Waals surface area contributed by atoms with Gasteiger partial charge in [0.1, 0.15) is 0 Å². The number of amides is 2. The van der Waals surface area contributed by atoms with Gasteiger partial charge in [-0.05, 0) is 48.0 Å². The molecule has 0 aliphatic heterocycles. The van der Waals surface area contributed by atoms with Crippen LogP contribution in [0.1, 0.15) is 15.9 Å². The molecule has 3 aromatic rings. The zero-order valence-electron chi connectivity index (χ0n) is 15.6. The molecule has 0 fully saturated rings. The summed E-state index contributed by atoms with van der Waals surface area (Å²) in [5.74, 6) is -0.928. The monoisotopic (exact) mass is 443 g/mol. The van der Waals surface area contributed by atoms with Gasteiger partial charge >= 0.3 is 0 Å². The van der Waals surface area contributed by atoms with E-state index in [4.69, 9.17) is 17.3 Å². The van der Waals surface area contributed by atoms with Crippen LogP contribution in [0.5, 0.6) is 0 Å². The molecular weight excluding hydrogens is 426 g/mol. The van der Waals surface area contributed by atoms with Crippen molar-refractivity contribution in [2.75, 3.05) is 10.0 Å². The number of para-hydroxylation sites is 1. The van der Waals surface area contributed by atoms with E-state index in [0.29, 0.717) is 5.69 Å². The van der Waals surface area contributed by atoms with Gasteiger partial charge in [0.25, 0.3) is 15.9 Å². The maximum atomic E-state index is 12.7. The van der Waals surface area contributed by atoms with Gasteiger partial charge in [-0.25, -0.2) is 8.42 Å². The molecule has 0 aliphatic rings. The van der Waals surface area contributed by atoms with Crippen molar-refractivity contribution in [3.05, 3.63) is 88.9 Å². The summed E-state index contributed by atoms with van der Waals surface area (Å²) in [4.78, 5) is 23.4. The highest BCUT2D eigenvalue weighted by molar-refractivity contribution is 7.92. The van der Waals surface area contributed by atoms with E-state index in [1.807, 2.05) is 0 Å². The van der Waals surface area contributed by atoms with Crippen molar-refractivity contribution in [3.63, 3.8) is 0 Å². The smallest absolute Gasteiger partial charge is 0.261 e. The van der Waals surface area contributed by atoms with Crippen molar-refractivity contribution in [2.45, 2.75) is 11.3 Å². The van der Waals surface area contributed by atoms with Crippen LogP contribution in [0.2, 0.25) is 5.02 Å². The lowest BCUT2D eigenvalue weighted by atomic mass is 10.1. The summed E-state index contributed by atoms with van der Waals surface area (Å²) in [6, 6.07) is 18.7. The van der Waals surface area contributed by atoms with Gasteiger partial charge in [-0.3, -0.25) is 14.3 Å². The van der Waals surface area contributed by atoms with Crippen LogP contribution in [0.15, 0.2) is 77.7 Å². The highest BCUT2D eigenvalue weighted by Crippen LogP contribution is 2.24. The summed E-state index contributed by atoms with van der Waals surface area (Å²) in [6.07, 6.45) is 0.104. The molecule has 0 aliphatic carbocycles. The standard InChI is InChI=1S/C21H18ClN3O4S/c22-18-6-1-2-7-19(18)25-30(28,29)17-5-3-4-15(13-17)21(27)24-16-10-8-14(9-11-16)12-20(23)26/h1-11,13,25H,12H2,(H2,23,26)(H,24,27). The second kappa shape index (κ2) is 8.98. The number of primary amides is 1. The fourth-order valence-electron chi connectivity index (χ4n) is 2.66. The lowest BCUT2D eigenvalue weighted by Crippen LogP contribution is -2.16. The minimum absolute atomic E-state index is 0.0770. The third-order valence-corrected chi connectivity index (χ3v) is 5.81. The predicted octanol–water partition coefficient (Wildman–Crippen LogP) is 3.42. The Morgan fingerprint density at radius 1 is 0.933 bits per heavy atom. The highest BCUT2D eigenvalue weighted by Gasteiger charge is 2.18. The van der Waals surface area contributed by atoms with Gasteiger partial charge < -0.3 is 11.1 Å². The summed E-state index contributed by atoms with van der Waals surface area (Å²) < 4.78 is 27.8. The third kappa shape index (κ3) is 5.37. The molecule has 7 nitrogen and oxygen atoms in total. The van der Waals surface area contributed by atoms with Crippen molar-refractivity contribution >= 4 is 44.8 Å². The van der Waals surface area contributed by atoms with Crippen LogP contribution in [0, 0.1) is 0 Å². The van der Waals surface area contributed by atoms with Gasteiger partial charge in [-0.2, -0.15) is 0 Å². The summed E-state index contributed by atoms with van der Waals surface area (Å²) in [6.45, 7) is 0. The molecule has 2 amide bonds. The largest absolute Gasteiger partial charge is 0.369 e. The molecular formula is C21H18ClN3O4S. The predicted molar refractivity (Wildman–Crippen MR) is 116 cm³/mol. The van der Waals surface area contributed by atoms with Gasteiger partial charge in [-0.1, -0.05) is 41.9 Å². The van der Waals surface area contributed by atoms with E-state index in [-0.39, 0.29) is 27.6 Å². The minimum atomic E-state index is -3.94. The first-order valence-corrected chi connectivity index (χ1v) is 10.7. The number of benzene rings is 3. The van der Waals surface area contributed by atoms with Crippen molar-refractivity contribution in [1.82, 2.24) is 0 Å². The van der Waals surface area contributed by atoms with Crippen molar-refractivity contribution < 1.29 is 18.0 Å². The first-order valence-electron chi connectivity index (χ1n) is 8.80. The first-order chi connectivity index (χ1) is 14.2. The molecule has 3 rings (SSSR count). The molecule has 0 atom stereocenters. The molecule has 0 heterocycles. The maximum absolute atomic E-state index is 12.7. The topological polar surface area (TPSA) is 118 Å². The zero-order chi connectivity index (χ0) is 21.7. The quantitative estimate of drug-likeness (QED) is 0.518. The number of carbonyl (C=O) groups is 2. The minimum Gasteiger partial charge on any atom is -0.369 e. The Hall–Kier alpha value is -3.36. The summed E-state index contributed by atoms with van der Waals surface area (Å²) in [5, 5.41) is 2.94. The number of sulfonamides is 1. The van der Waals surface area contributed by atoms with E-state index in [2.05, 4.69) is 10.0 Å². The maximum Gasteiger partial charge on any atom is 0.261 e. The van der Waals surface area contributed by atoms with Crippen molar-refractivity contribution in [1.29, 1.82) is 0 Å². The molecule has 0 radical (unpaired) electrons. The van der Waals surface area contributed by atoms with E-state index >= 15 is 0 Å². The number of carbonyl (C=O) groups excluding carboxylic acids is 2. The second-order valence-electron chi connectivity index (χ2n) is 6.41. The lowest BCUT2D eigenvalue weighted by molar-refractivity contribution is -0.117. The summed E-state index contributed by atoms with van der Waals surface area (Å²) in [7, 11) is -3.94. The molecule has 0 bridgehead atoms. The van der Waals surface area contributed by atoms with Gasteiger partial charge in [0.15, 0.2) is 0 Å². The molecule has 4 N–H and O–H groups in total. The number of halogens is 1. The molecule has 0 unspecified atom stereocenters. The number of anilines is 2. The highest BCUT2D eigenvalue weighted by atomic mass is 35.5. The van der Waals surface area contributed by atoms with Crippen LogP contribution in [0.25, 0.3) is 0 Å². The van der Waals surface area contributed by atoms with Crippen LogP contribution in [0.3, 0.4) is 0 Å². The van der Waals surface area contributed by atoms with Gasteiger partial charge in [0.2, 0.25) is 5.91 Å². The Morgan fingerprint density at radius 3 is 2.30 bits per heavy atom. The molecule has 154 valence electrons. The van der Waals surface area contributed by atoms with E-state index in [1.165, 1.54) is 24.3 Å². The fourth-order valence-corrected chi connectivity index (χ4v) is 4.03. The van der Waals surface area contributed by atoms with E-state index in [9.17, 15) is 18.0 Å². The number of hydrogen-bond acceptors (Lipinski definition) is 4. The molecule has 0 saturated carbocycles. The van der Waals surface area contributed by atoms with Crippen LogP contribution >= 0.6 is 11.6 Å². The Kier molecular flexibility index (Phi) is 6.39. The average molecular weight is 444 g/mol. The lowest BCUT2D eigenvalue weighted by Gasteiger charge is -2.11. The van der Waals surface area contributed by atoms with E-state index < -0.39 is 21.8 Å². The summed E-state index contributed by atoms with van der Waals surface area (Å²) >= 11 is 6.01. The van der Waals surface area contributed by atoms with Crippen LogP contribution < -0.4 is 15.8 Å². The Labute approximate surface area is 178 Å². The number of nitrogens with one attached hydrogen (secondary N) is 2. The van der Waals surface area contributed by atoms with Crippen LogP contribution in [0.4, 0.5) is 11.4 Å². The molecule has 9 heteroatoms. The Bertz CT molecular complexity index is 1190. The average Bonchev–Trinajstić information content (AvgIpc) is 2.71. The SMILES string of the molecule is NC(=O)Cc1ccc(NC(=O)c2cccc(S(=O)(=O)Nc3ccccc3Cl)c2)cc1. The van der Waals surface area contributed by atoms with Crippen molar-refractivity contribution in [2.24, 2.45) is 5.73 Å². The number of rotatable bonds is 7. The summed E-state index contributed by atoms with van der Waals surface area (Å²) in [5.41, 5.74) is 6.78. The Balaban J connectivity index is 1.76. The molecule has 30 heavy (non-hydrogen) atoms. The first kappa shape index (κ1) is 21.4. The van der Waals surface area contributed by atoms with Crippen LogP contribution in [-0.2, 0) is 21.2 Å². The van der Waals surface area contributed by atoms with Gasteiger partial charge in [0, 0.05) is 11.3 Å². The fraction of sp³-hybridized carbons (Fsp3) is 0.0476. The van der Waals surface area contributed by atoms with Gasteiger partial charge in [-0.15, -0.1) is 0 Å². The van der Waals surface area contributed by atoms with E-state index in [0.717, 1.165) is 5.56 Å². The molecule has 0 saturated heterocycles. The van der Waals surface area contributed by atoms with Gasteiger partial charge in [0.05, 0.1) is 22.0 Å². The molecule has 0 spiro atoms. The van der Waals surface area contributed by atoms with Crippen LogP contribution in [-0.4, -0.2) is 20.2 Å². The normalized spacial score (nSPS) is 11.0. The zero-order valence-corrected chi connectivity index (χ0v) is 17.2. The second-order valence-corrected chi connectivity index (χ2v) is 8.50.